The molecule has 158 valence electrons. The Kier molecular flexibility index (Phi) is 8.09. The molecule has 0 heterocycles. The summed E-state index contributed by atoms with van der Waals surface area (Å²) in [5.74, 6) is 2.23. The molecule has 0 atom stereocenters. The van der Waals surface area contributed by atoms with Crippen molar-refractivity contribution in [3.05, 3.63) is 66.7 Å². The number of benzene rings is 3. The van der Waals surface area contributed by atoms with E-state index in [1.165, 1.54) is 0 Å². The van der Waals surface area contributed by atoms with Gasteiger partial charge in [-0.2, -0.15) is 0 Å². The molecule has 0 aromatic heterocycles. The standard InChI is InChI=1S/C24H26O6/c1-25-15-28-21-9-4-18(5-10-21)20-8-13-23(24(14-20)30-17-27-3)19-6-11-22(12-7-19)29-16-26-2/h4-14H,15-17H2,1-3H3. The molecule has 3 aromatic rings. The molecule has 3 rings (SSSR count). The molecule has 0 saturated carbocycles. The van der Waals surface area contributed by atoms with Crippen molar-refractivity contribution in [2.24, 2.45) is 0 Å². The van der Waals surface area contributed by atoms with Crippen molar-refractivity contribution in [1.29, 1.82) is 0 Å². The van der Waals surface area contributed by atoms with Crippen molar-refractivity contribution in [2.45, 2.75) is 0 Å². The highest BCUT2D eigenvalue weighted by Gasteiger charge is 2.10. The number of hydrogen-bond acceptors (Lipinski definition) is 6. The van der Waals surface area contributed by atoms with Crippen LogP contribution >= 0.6 is 0 Å². The molecular weight excluding hydrogens is 384 g/mol. The molecule has 0 fully saturated rings. The third-order valence-electron chi connectivity index (χ3n) is 4.35. The lowest BCUT2D eigenvalue weighted by Gasteiger charge is -2.14. The fraction of sp³-hybridized carbons (Fsp3) is 0.250. The number of rotatable bonds is 11. The van der Waals surface area contributed by atoms with E-state index in [1.54, 1.807) is 21.3 Å². The van der Waals surface area contributed by atoms with Crippen molar-refractivity contribution >= 4 is 0 Å². The van der Waals surface area contributed by atoms with E-state index in [0.717, 1.165) is 39.5 Å². The van der Waals surface area contributed by atoms with Crippen LogP contribution in [0.2, 0.25) is 0 Å². The highest BCUT2D eigenvalue weighted by Crippen LogP contribution is 2.35. The van der Waals surface area contributed by atoms with E-state index in [2.05, 4.69) is 6.07 Å². The van der Waals surface area contributed by atoms with Gasteiger partial charge in [0.15, 0.2) is 20.4 Å². The van der Waals surface area contributed by atoms with Crippen molar-refractivity contribution in [3.8, 4) is 39.5 Å². The Hall–Kier alpha value is -3.06. The summed E-state index contributed by atoms with van der Waals surface area (Å²) in [5.41, 5.74) is 4.06. The number of methoxy groups -OCH3 is 3. The van der Waals surface area contributed by atoms with Gasteiger partial charge in [-0.1, -0.05) is 36.4 Å². The Morgan fingerprint density at radius 3 is 1.50 bits per heavy atom. The van der Waals surface area contributed by atoms with Crippen LogP contribution in [-0.4, -0.2) is 41.7 Å². The minimum Gasteiger partial charge on any atom is -0.468 e. The molecule has 0 saturated heterocycles. The van der Waals surface area contributed by atoms with Crippen LogP contribution in [0.4, 0.5) is 0 Å². The van der Waals surface area contributed by atoms with Gasteiger partial charge in [-0.15, -0.1) is 0 Å². The molecule has 3 aromatic carbocycles. The molecule has 0 aliphatic carbocycles. The van der Waals surface area contributed by atoms with Gasteiger partial charge in [-0.3, -0.25) is 0 Å². The number of hydrogen-bond donors (Lipinski definition) is 0. The average Bonchev–Trinajstić information content (AvgIpc) is 2.80. The Morgan fingerprint density at radius 2 is 0.967 bits per heavy atom. The van der Waals surface area contributed by atoms with E-state index in [-0.39, 0.29) is 20.4 Å². The van der Waals surface area contributed by atoms with Crippen molar-refractivity contribution in [1.82, 2.24) is 0 Å². The van der Waals surface area contributed by atoms with Gasteiger partial charge in [0.25, 0.3) is 0 Å². The molecule has 0 amide bonds. The molecule has 6 heteroatoms. The second-order valence-electron chi connectivity index (χ2n) is 6.41. The maximum Gasteiger partial charge on any atom is 0.188 e. The van der Waals surface area contributed by atoms with Crippen LogP contribution in [0, 0.1) is 0 Å². The van der Waals surface area contributed by atoms with Gasteiger partial charge < -0.3 is 28.4 Å². The lowest BCUT2D eigenvalue weighted by molar-refractivity contribution is 0.0509. The summed E-state index contributed by atoms with van der Waals surface area (Å²) in [5, 5.41) is 0. The molecule has 6 nitrogen and oxygen atoms in total. The molecule has 0 aliphatic heterocycles. The third kappa shape index (κ3) is 5.73. The van der Waals surface area contributed by atoms with Gasteiger partial charge in [0, 0.05) is 26.9 Å². The van der Waals surface area contributed by atoms with E-state index in [9.17, 15) is 0 Å². The SMILES string of the molecule is COCOc1ccc(-c2ccc(-c3ccc(OCOC)cc3)c(OCOC)c2)cc1. The summed E-state index contributed by atoms with van der Waals surface area (Å²) in [4.78, 5) is 0. The van der Waals surface area contributed by atoms with Crippen LogP contribution in [0.15, 0.2) is 66.7 Å². The first kappa shape index (κ1) is 21.6. The summed E-state index contributed by atoms with van der Waals surface area (Å²) in [6.45, 7) is 0.596. The molecular formula is C24H26O6. The Labute approximate surface area is 176 Å². The van der Waals surface area contributed by atoms with Crippen molar-refractivity contribution < 1.29 is 28.4 Å². The summed E-state index contributed by atoms with van der Waals surface area (Å²) >= 11 is 0. The van der Waals surface area contributed by atoms with Crippen LogP contribution in [0.1, 0.15) is 0 Å². The molecule has 0 spiro atoms. The molecule has 0 N–H and O–H groups in total. The fourth-order valence-corrected chi connectivity index (χ4v) is 2.91. The zero-order valence-corrected chi connectivity index (χ0v) is 17.4. The summed E-state index contributed by atoms with van der Waals surface area (Å²) in [6.07, 6.45) is 0. The van der Waals surface area contributed by atoms with E-state index in [1.807, 2.05) is 60.7 Å². The minimum atomic E-state index is 0.162. The topological polar surface area (TPSA) is 55.4 Å². The Balaban J connectivity index is 1.86. The largest absolute Gasteiger partial charge is 0.468 e. The Morgan fingerprint density at radius 1 is 0.500 bits per heavy atom. The Bertz CT molecular complexity index is 906. The van der Waals surface area contributed by atoms with Gasteiger partial charge >= 0.3 is 0 Å². The highest BCUT2D eigenvalue weighted by molar-refractivity contribution is 5.76. The van der Waals surface area contributed by atoms with E-state index < -0.39 is 0 Å². The van der Waals surface area contributed by atoms with Gasteiger partial charge in [-0.25, -0.2) is 0 Å². The lowest BCUT2D eigenvalue weighted by atomic mass is 9.99. The summed E-state index contributed by atoms with van der Waals surface area (Å²) in [6, 6.07) is 21.7. The smallest absolute Gasteiger partial charge is 0.188 e. The maximum absolute atomic E-state index is 5.86. The van der Waals surface area contributed by atoms with Crippen LogP contribution in [0.3, 0.4) is 0 Å². The van der Waals surface area contributed by atoms with Crippen LogP contribution < -0.4 is 14.2 Å². The van der Waals surface area contributed by atoms with Crippen molar-refractivity contribution in [3.63, 3.8) is 0 Å². The van der Waals surface area contributed by atoms with Crippen molar-refractivity contribution in [2.75, 3.05) is 41.7 Å². The van der Waals surface area contributed by atoms with Crippen LogP contribution in [0.25, 0.3) is 22.3 Å². The minimum absolute atomic E-state index is 0.162. The first-order valence-electron chi connectivity index (χ1n) is 9.45. The number of ether oxygens (including phenoxy) is 6. The fourth-order valence-electron chi connectivity index (χ4n) is 2.91. The van der Waals surface area contributed by atoms with E-state index in [4.69, 9.17) is 28.4 Å². The quantitative estimate of drug-likeness (QED) is 0.416. The first-order chi connectivity index (χ1) is 14.7. The summed E-state index contributed by atoms with van der Waals surface area (Å²) in [7, 11) is 4.79. The molecule has 0 aliphatic rings. The van der Waals surface area contributed by atoms with E-state index >= 15 is 0 Å². The monoisotopic (exact) mass is 410 g/mol. The van der Waals surface area contributed by atoms with Gasteiger partial charge in [0.05, 0.1) is 0 Å². The van der Waals surface area contributed by atoms with Gasteiger partial charge in [0.2, 0.25) is 0 Å². The lowest BCUT2D eigenvalue weighted by Crippen LogP contribution is -2.01. The maximum atomic E-state index is 5.86. The first-order valence-corrected chi connectivity index (χ1v) is 9.45. The molecule has 0 bridgehead atoms. The van der Waals surface area contributed by atoms with Crippen LogP contribution in [0.5, 0.6) is 17.2 Å². The zero-order valence-electron chi connectivity index (χ0n) is 17.4. The zero-order chi connectivity index (χ0) is 21.2. The second-order valence-corrected chi connectivity index (χ2v) is 6.41. The molecule has 0 unspecified atom stereocenters. The normalized spacial score (nSPS) is 10.6. The predicted octanol–water partition coefficient (Wildman–Crippen LogP) is 4.97. The third-order valence-corrected chi connectivity index (χ3v) is 4.35. The molecule has 30 heavy (non-hydrogen) atoms. The van der Waals surface area contributed by atoms with Gasteiger partial charge in [-0.05, 0) is 47.0 Å². The van der Waals surface area contributed by atoms with E-state index in [0.29, 0.717) is 0 Å². The highest BCUT2D eigenvalue weighted by atomic mass is 16.7. The predicted molar refractivity (Wildman–Crippen MR) is 115 cm³/mol. The van der Waals surface area contributed by atoms with Gasteiger partial charge in [0.1, 0.15) is 17.2 Å². The second kappa shape index (κ2) is 11.2. The summed E-state index contributed by atoms with van der Waals surface area (Å²) < 4.78 is 31.8. The molecule has 0 radical (unpaired) electrons. The average molecular weight is 410 g/mol. The van der Waals surface area contributed by atoms with Crippen LogP contribution in [-0.2, 0) is 14.2 Å².